The number of anilines is 2. The minimum absolute atomic E-state index is 0.0677. The Hall–Kier alpha value is -3.91. The predicted molar refractivity (Wildman–Crippen MR) is 110 cm³/mol. The van der Waals surface area contributed by atoms with Crippen molar-refractivity contribution in [3.05, 3.63) is 83.9 Å². The Morgan fingerprint density at radius 3 is 2.04 bits per heavy atom. The Morgan fingerprint density at radius 2 is 1.39 bits per heavy atom. The number of hydrogen-bond acceptors (Lipinski definition) is 3. The van der Waals surface area contributed by atoms with E-state index >= 15 is 0 Å². The van der Waals surface area contributed by atoms with Crippen LogP contribution in [0.3, 0.4) is 0 Å². The van der Waals surface area contributed by atoms with Gasteiger partial charge in [-0.1, -0.05) is 43.3 Å². The number of carbonyl (C=O) groups excluding carboxylic acids is 2. The van der Waals surface area contributed by atoms with Crippen LogP contribution in [0.5, 0.6) is 0 Å². The van der Waals surface area contributed by atoms with Crippen molar-refractivity contribution < 1.29 is 9.59 Å². The SMILES string of the molecule is CCC(=O)Nc1ccc(NC(=O)c2ccccc2-c2ccccc2C#N)cc1. The standard InChI is InChI=1S/C23H19N3O2/c1-2-22(27)25-17-11-13-18(14-12-17)26-23(28)21-10-6-5-9-20(21)19-8-4-3-7-16(19)15-24/h3-14H,2H2,1H3,(H,25,27)(H,26,28). The van der Waals surface area contributed by atoms with Gasteiger partial charge in [-0.2, -0.15) is 5.26 Å². The molecule has 0 atom stereocenters. The average Bonchev–Trinajstić information content (AvgIpc) is 2.75. The summed E-state index contributed by atoms with van der Waals surface area (Å²) >= 11 is 0. The van der Waals surface area contributed by atoms with Crippen molar-refractivity contribution >= 4 is 23.2 Å². The molecule has 0 fully saturated rings. The van der Waals surface area contributed by atoms with Gasteiger partial charge < -0.3 is 10.6 Å². The van der Waals surface area contributed by atoms with Crippen molar-refractivity contribution in [3.63, 3.8) is 0 Å². The Morgan fingerprint density at radius 1 is 0.821 bits per heavy atom. The van der Waals surface area contributed by atoms with Gasteiger partial charge in [-0.05, 0) is 42.0 Å². The smallest absolute Gasteiger partial charge is 0.256 e. The quantitative estimate of drug-likeness (QED) is 0.676. The normalized spacial score (nSPS) is 10.0. The highest BCUT2D eigenvalue weighted by atomic mass is 16.2. The molecule has 0 heterocycles. The number of hydrogen-bond donors (Lipinski definition) is 2. The molecule has 28 heavy (non-hydrogen) atoms. The first-order valence-electron chi connectivity index (χ1n) is 8.92. The second-order valence-corrected chi connectivity index (χ2v) is 6.14. The van der Waals surface area contributed by atoms with E-state index in [0.29, 0.717) is 40.0 Å². The van der Waals surface area contributed by atoms with Gasteiger partial charge in [0.15, 0.2) is 0 Å². The van der Waals surface area contributed by atoms with Gasteiger partial charge in [0, 0.05) is 28.9 Å². The molecule has 2 N–H and O–H groups in total. The van der Waals surface area contributed by atoms with Crippen molar-refractivity contribution in [1.29, 1.82) is 5.26 Å². The topological polar surface area (TPSA) is 82.0 Å². The molecule has 0 saturated carbocycles. The highest BCUT2D eigenvalue weighted by Gasteiger charge is 2.15. The first-order valence-corrected chi connectivity index (χ1v) is 8.92. The van der Waals surface area contributed by atoms with Gasteiger partial charge in [0.1, 0.15) is 0 Å². The first-order chi connectivity index (χ1) is 13.6. The molecule has 0 aliphatic rings. The molecule has 0 saturated heterocycles. The van der Waals surface area contributed by atoms with Crippen LogP contribution in [0.1, 0.15) is 29.3 Å². The van der Waals surface area contributed by atoms with Crippen LogP contribution in [-0.2, 0) is 4.79 Å². The number of nitriles is 1. The maximum atomic E-state index is 12.9. The van der Waals surface area contributed by atoms with Gasteiger partial charge in [-0.3, -0.25) is 9.59 Å². The number of rotatable bonds is 5. The van der Waals surface area contributed by atoms with Crippen LogP contribution in [0, 0.1) is 11.3 Å². The molecule has 0 radical (unpaired) electrons. The van der Waals surface area contributed by atoms with Crippen molar-refractivity contribution in [3.8, 4) is 17.2 Å². The second kappa shape index (κ2) is 8.65. The zero-order valence-corrected chi connectivity index (χ0v) is 15.4. The molecular weight excluding hydrogens is 350 g/mol. The molecule has 0 aliphatic carbocycles. The summed E-state index contributed by atoms with van der Waals surface area (Å²) in [5.41, 5.74) is 3.70. The molecule has 0 unspecified atom stereocenters. The highest BCUT2D eigenvalue weighted by Crippen LogP contribution is 2.27. The third-order valence-electron chi connectivity index (χ3n) is 4.26. The summed E-state index contributed by atoms with van der Waals surface area (Å²) in [5.74, 6) is -0.337. The fraction of sp³-hybridized carbons (Fsp3) is 0.0870. The van der Waals surface area contributed by atoms with Crippen molar-refractivity contribution in [1.82, 2.24) is 0 Å². The maximum absolute atomic E-state index is 12.9. The summed E-state index contributed by atoms with van der Waals surface area (Å²) in [6.07, 6.45) is 0.402. The van der Waals surface area contributed by atoms with Crippen LogP contribution in [0.15, 0.2) is 72.8 Å². The Labute approximate surface area is 163 Å². The van der Waals surface area contributed by atoms with Crippen LogP contribution < -0.4 is 10.6 Å². The zero-order valence-electron chi connectivity index (χ0n) is 15.4. The van der Waals surface area contributed by atoms with Crippen molar-refractivity contribution in [2.24, 2.45) is 0 Å². The molecule has 5 nitrogen and oxygen atoms in total. The number of nitrogens with one attached hydrogen (secondary N) is 2. The zero-order chi connectivity index (χ0) is 19.9. The second-order valence-electron chi connectivity index (χ2n) is 6.14. The Kier molecular flexibility index (Phi) is 5.83. The van der Waals surface area contributed by atoms with Gasteiger partial charge in [-0.15, -0.1) is 0 Å². The molecule has 3 aromatic carbocycles. The third kappa shape index (κ3) is 4.25. The summed E-state index contributed by atoms with van der Waals surface area (Å²) < 4.78 is 0. The fourth-order valence-corrected chi connectivity index (χ4v) is 2.82. The number of carbonyl (C=O) groups is 2. The van der Waals surface area contributed by atoms with E-state index in [4.69, 9.17) is 0 Å². The van der Waals surface area contributed by atoms with Gasteiger partial charge in [0.25, 0.3) is 5.91 Å². The molecule has 3 rings (SSSR count). The number of benzene rings is 3. The van der Waals surface area contributed by atoms with E-state index in [-0.39, 0.29) is 11.8 Å². The van der Waals surface area contributed by atoms with Gasteiger partial charge >= 0.3 is 0 Å². The van der Waals surface area contributed by atoms with Crippen LogP contribution in [0.25, 0.3) is 11.1 Å². The Balaban J connectivity index is 1.84. The lowest BCUT2D eigenvalue weighted by atomic mass is 9.95. The van der Waals surface area contributed by atoms with E-state index in [0.717, 1.165) is 0 Å². The largest absolute Gasteiger partial charge is 0.326 e. The summed E-state index contributed by atoms with van der Waals surface area (Å²) in [6.45, 7) is 1.78. The van der Waals surface area contributed by atoms with Gasteiger partial charge in [0.05, 0.1) is 11.6 Å². The minimum Gasteiger partial charge on any atom is -0.326 e. The van der Waals surface area contributed by atoms with E-state index in [1.54, 1.807) is 55.5 Å². The van der Waals surface area contributed by atoms with E-state index in [1.165, 1.54) is 0 Å². The maximum Gasteiger partial charge on any atom is 0.256 e. The molecule has 5 heteroatoms. The van der Waals surface area contributed by atoms with E-state index in [9.17, 15) is 14.9 Å². The number of amides is 2. The minimum atomic E-state index is -0.270. The Bertz CT molecular complexity index is 1050. The molecular formula is C23H19N3O2. The van der Waals surface area contributed by atoms with E-state index in [2.05, 4.69) is 16.7 Å². The number of nitrogens with zero attached hydrogens (tertiary/aromatic N) is 1. The highest BCUT2D eigenvalue weighted by molar-refractivity contribution is 6.09. The summed E-state index contributed by atoms with van der Waals surface area (Å²) in [5, 5.41) is 15.0. The van der Waals surface area contributed by atoms with Gasteiger partial charge in [-0.25, -0.2) is 0 Å². The molecule has 0 spiro atoms. The third-order valence-corrected chi connectivity index (χ3v) is 4.26. The molecule has 0 bridgehead atoms. The van der Waals surface area contributed by atoms with Crippen LogP contribution in [0.2, 0.25) is 0 Å². The monoisotopic (exact) mass is 369 g/mol. The first kappa shape index (κ1) is 18.9. The summed E-state index contributed by atoms with van der Waals surface area (Å²) in [4.78, 5) is 24.3. The van der Waals surface area contributed by atoms with Crippen LogP contribution in [0.4, 0.5) is 11.4 Å². The van der Waals surface area contributed by atoms with Crippen LogP contribution in [-0.4, -0.2) is 11.8 Å². The predicted octanol–water partition coefficient (Wildman–Crippen LogP) is 4.83. The summed E-state index contributed by atoms with van der Waals surface area (Å²) in [7, 11) is 0. The summed E-state index contributed by atoms with van der Waals surface area (Å²) in [6, 6.07) is 23.5. The van der Waals surface area contributed by atoms with Crippen LogP contribution >= 0.6 is 0 Å². The van der Waals surface area contributed by atoms with E-state index in [1.807, 2.05) is 24.3 Å². The molecule has 3 aromatic rings. The lowest BCUT2D eigenvalue weighted by molar-refractivity contribution is -0.115. The van der Waals surface area contributed by atoms with E-state index < -0.39 is 0 Å². The molecule has 0 aromatic heterocycles. The van der Waals surface area contributed by atoms with Crippen molar-refractivity contribution in [2.75, 3.05) is 10.6 Å². The average molecular weight is 369 g/mol. The molecule has 2 amide bonds. The lowest BCUT2D eigenvalue weighted by Crippen LogP contribution is -2.13. The fourth-order valence-electron chi connectivity index (χ4n) is 2.82. The van der Waals surface area contributed by atoms with Crippen molar-refractivity contribution in [2.45, 2.75) is 13.3 Å². The molecule has 0 aliphatic heterocycles. The lowest BCUT2D eigenvalue weighted by Gasteiger charge is -2.12. The van der Waals surface area contributed by atoms with Gasteiger partial charge in [0.2, 0.25) is 5.91 Å². The molecule has 138 valence electrons.